The summed E-state index contributed by atoms with van der Waals surface area (Å²) in [4.78, 5) is 0. The summed E-state index contributed by atoms with van der Waals surface area (Å²) in [6, 6.07) is 8.23. The van der Waals surface area contributed by atoms with Gasteiger partial charge >= 0.3 is 0 Å². The van der Waals surface area contributed by atoms with Gasteiger partial charge in [0.05, 0.1) is 11.8 Å². The van der Waals surface area contributed by atoms with Crippen LogP contribution in [0.25, 0.3) is 5.69 Å². The van der Waals surface area contributed by atoms with Gasteiger partial charge in [-0.25, -0.2) is 0 Å². The van der Waals surface area contributed by atoms with Gasteiger partial charge < -0.3 is 0 Å². The summed E-state index contributed by atoms with van der Waals surface area (Å²) in [6.45, 7) is 4.14. The molecule has 1 aromatic carbocycles. The molecule has 1 aromatic heterocycles. The van der Waals surface area contributed by atoms with E-state index < -0.39 is 0 Å². The second kappa shape index (κ2) is 6.34. The standard InChI is InChI=1S/C13H15N5S/c1-10-6-5-7-12(11(10)2)18-13(15-16-17-18)19-9-4-3-8-14/h5-7H,3-4,9H2,1-2H3. The summed E-state index contributed by atoms with van der Waals surface area (Å²) in [5, 5.41) is 21.1. The maximum Gasteiger partial charge on any atom is 0.214 e. The SMILES string of the molecule is Cc1cccc(-n2nnnc2SCCCC#N)c1C. The van der Waals surface area contributed by atoms with E-state index in [1.807, 2.05) is 12.1 Å². The molecule has 6 heteroatoms. The third-order valence-corrected chi connectivity index (χ3v) is 3.91. The highest BCUT2D eigenvalue weighted by Gasteiger charge is 2.11. The van der Waals surface area contributed by atoms with Gasteiger partial charge in [0.1, 0.15) is 0 Å². The summed E-state index contributed by atoms with van der Waals surface area (Å²) >= 11 is 1.58. The highest BCUT2D eigenvalue weighted by atomic mass is 32.2. The average molecular weight is 273 g/mol. The first-order valence-electron chi connectivity index (χ1n) is 6.08. The zero-order valence-electron chi connectivity index (χ0n) is 11.0. The molecule has 0 bridgehead atoms. The summed E-state index contributed by atoms with van der Waals surface area (Å²) in [5.41, 5.74) is 3.40. The van der Waals surface area contributed by atoms with E-state index in [2.05, 4.69) is 41.5 Å². The molecule has 0 unspecified atom stereocenters. The first-order valence-corrected chi connectivity index (χ1v) is 7.07. The van der Waals surface area contributed by atoms with Gasteiger partial charge in [0.2, 0.25) is 5.16 Å². The summed E-state index contributed by atoms with van der Waals surface area (Å²) in [5.74, 6) is 0.846. The normalized spacial score (nSPS) is 10.4. The van der Waals surface area contributed by atoms with Gasteiger partial charge in [-0.05, 0) is 47.9 Å². The summed E-state index contributed by atoms with van der Waals surface area (Å²) in [6.07, 6.45) is 1.42. The second-order valence-corrected chi connectivity index (χ2v) is 5.26. The van der Waals surface area contributed by atoms with Crippen LogP contribution in [0.5, 0.6) is 0 Å². The molecule has 0 atom stereocenters. The average Bonchev–Trinajstić information content (AvgIpc) is 2.86. The Balaban J connectivity index is 2.19. The van der Waals surface area contributed by atoms with E-state index in [0.717, 1.165) is 23.0 Å². The minimum absolute atomic E-state index is 0.567. The molecule has 2 rings (SSSR count). The summed E-state index contributed by atoms with van der Waals surface area (Å²) < 4.78 is 1.76. The lowest BCUT2D eigenvalue weighted by atomic mass is 10.1. The molecule has 2 aromatic rings. The van der Waals surface area contributed by atoms with E-state index in [4.69, 9.17) is 5.26 Å². The molecule has 0 aliphatic heterocycles. The lowest BCUT2D eigenvalue weighted by molar-refractivity contribution is 0.750. The maximum absolute atomic E-state index is 8.52. The monoisotopic (exact) mass is 273 g/mol. The van der Waals surface area contributed by atoms with Gasteiger partial charge in [-0.15, -0.1) is 5.10 Å². The molecule has 0 amide bonds. The van der Waals surface area contributed by atoms with Crippen molar-refractivity contribution in [2.75, 3.05) is 5.75 Å². The number of benzene rings is 1. The molecule has 0 aliphatic carbocycles. The van der Waals surface area contributed by atoms with E-state index in [-0.39, 0.29) is 0 Å². The predicted octanol–water partition coefficient (Wildman–Crippen LogP) is 2.68. The Hall–Kier alpha value is -1.87. The van der Waals surface area contributed by atoms with Crippen molar-refractivity contribution >= 4 is 11.8 Å². The van der Waals surface area contributed by atoms with Gasteiger partial charge in [-0.3, -0.25) is 0 Å². The number of aryl methyl sites for hydroxylation is 1. The number of nitrogens with zero attached hydrogens (tertiary/aromatic N) is 5. The fourth-order valence-electron chi connectivity index (χ4n) is 1.70. The van der Waals surface area contributed by atoms with Crippen LogP contribution in [-0.4, -0.2) is 26.0 Å². The molecule has 0 spiro atoms. The van der Waals surface area contributed by atoms with Crippen molar-refractivity contribution < 1.29 is 0 Å². The summed E-state index contributed by atoms with van der Waals surface area (Å²) in [7, 11) is 0. The van der Waals surface area contributed by atoms with Crippen LogP contribution in [0.2, 0.25) is 0 Å². The number of rotatable bonds is 5. The van der Waals surface area contributed by atoms with Crippen molar-refractivity contribution in [2.24, 2.45) is 0 Å². The van der Waals surface area contributed by atoms with Crippen LogP contribution >= 0.6 is 11.8 Å². The third-order valence-electron chi connectivity index (χ3n) is 2.91. The maximum atomic E-state index is 8.52. The minimum Gasteiger partial charge on any atom is -0.198 e. The number of hydrogen-bond acceptors (Lipinski definition) is 5. The highest BCUT2D eigenvalue weighted by molar-refractivity contribution is 7.99. The quantitative estimate of drug-likeness (QED) is 0.619. The zero-order valence-corrected chi connectivity index (χ0v) is 11.8. The Morgan fingerprint density at radius 1 is 1.37 bits per heavy atom. The number of thioether (sulfide) groups is 1. The number of aromatic nitrogens is 4. The number of nitriles is 1. The van der Waals surface area contributed by atoms with Crippen molar-refractivity contribution in [3.8, 4) is 11.8 Å². The van der Waals surface area contributed by atoms with Crippen LogP contribution < -0.4 is 0 Å². The van der Waals surface area contributed by atoms with Crippen molar-refractivity contribution in [3.05, 3.63) is 29.3 Å². The van der Waals surface area contributed by atoms with Gasteiger partial charge in [-0.1, -0.05) is 23.9 Å². The van der Waals surface area contributed by atoms with Crippen molar-refractivity contribution in [1.82, 2.24) is 20.2 Å². The van der Waals surface area contributed by atoms with Crippen LogP contribution in [0.3, 0.4) is 0 Å². The number of unbranched alkanes of at least 4 members (excludes halogenated alkanes) is 1. The molecular weight excluding hydrogens is 258 g/mol. The zero-order chi connectivity index (χ0) is 13.7. The van der Waals surface area contributed by atoms with Crippen LogP contribution in [0.1, 0.15) is 24.0 Å². The Labute approximate surface area is 116 Å². The van der Waals surface area contributed by atoms with Crippen LogP contribution in [0, 0.1) is 25.2 Å². The minimum atomic E-state index is 0.567. The smallest absolute Gasteiger partial charge is 0.198 e. The molecule has 19 heavy (non-hydrogen) atoms. The molecular formula is C13H15N5S. The Bertz CT molecular complexity index is 599. The van der Waals surface area contributed by atoms with Crippen molar-refractivity contribution in [1.29, 1.82) is 5.26 Å². The lowest BCUT2D eigenvalue weighted by Crippen LogP contribution is -2.02. The Morgan fingerprint density at radius 3 is 3.00 bits per heavy atom. The van der Waals surface area contributed by atoms with Crippen molar-refractivity contribution in [3.63, 3.8) is 0 Å². The topological polar surface area (TPSA) is 67.4 Å². The van der Waals surface area contributed by atoms with E-state index in [1.165, 1.54) is 11.1 Å². The number of tetrazole rings is 1. The molecule has 0 N–H and O–H groups in total. The van der Waals surface area contributed by atoms with E-state index >= 15 is 0 Å². The third kappa shape index (κ3) is 3.12. The molecule has 0 saturated heterocycles. The first kappa shape index (κ1) is 13.6. The first-order chi connectivity index (χ1) is 9.24. The van der Waals surface area contributed by atoms with Gasteiger partial charge in [0.25, 0.3) is 0 Å². The van der Waals surface area contributed by atoms with Gasteiger partial charge in [0.15, 0.2) is 0 Å². The fraction of sp³-hybridized carbons (Fsp3) is 0.385. The van der Waals surface area contributed by atoms with E-state index in [1.54, 1.807) is 16.4 Å². The Morgan fingerprint density at radius 2 is 2.21 bits per heavy atom. The van der Waals surface area contributed by atoms with Gasteiger partial charge in [-0.2, -0.15) is 9.94 Å². The molecule has 0 aliphatic rings. The fourth-order valence-corrected chi connectivity index (χ4v) is 2.52. The van der Waals surface area contributed by atoms with Crippen molar-refractivity contribution in [2.45, 2.75) is 31.8 Å². The van der Waals surface area contributed by atoms with E-state index in [0.29, 0.717) is 6.42 Å². The van der Waals surface area contributed by atoms with Gasteiger partial charge in [0, 0.05) is 12.2 Å². The number of hydrogen-bond donors (Lipinski definition) is 0. The molecule has 98 valence electrons. The molecule has 5 nitrogen and oxygen atoms in total. The highest BCUT2D eigenvalue weighted by Crippen LogP contribution is 2.22. The second-order valence-electron chi connectivity index (χ2n) is 4.20. The van der Waals surface area contributed by atoms with Crippen LogP contribution in [0.15, 0.2) is 23.4 Å². The molecule has 0 radical (unpaired) electrons. The van der Waals surface area contributed by atoms with Crippen LogP contribution in [-0.2, 0) is 0 Å². The van der Waals surface area contributed by atoms with Crippen LogP contribution in [0.4, 0.5) is 0 Å². The lowest BCUT2D eigenvalue weighted by Gasteiger charge is -2.09. The Kier molecular flexibility index (Phi) is 4.53. The molecule has 1 heterocycles. The molecule has 0 saturated carbocycles. The molecule has 0 fully saturated rings. The predicted molar refractivity (Wildman–Crippen MR) is 74.2 cm³/mol. The van der Waals surface area contributed by atoms with E-state index in [9.17, 15) is 0 Å². The largest absolute Gasteiger partial charge is 0.214 e.